The summed E-state index contributed by atoms with van der Waals surface area (Å²) in [7, 11) is 0. The summed E-state index contributed by atoms with van der Waals surface area (Å²) in [5.74, 6) is 0.0560. The molecule has 26 heavy (non-hydrogen) atoms. The molecule has 1 fully saturated rings. The van der Waals surface area contributed by atoms with Crippen molar-refractivity contribution >= 4 is 28.9 Å². The zero-order chi connectivity index (χ0) is 18.5. The van der Waals surface area contributed by atoms with Gasteiger partial charge in [0.25, 0.3) is 0 Å². The predicted molar refractivity (Wildman–Crippen MR) is 101 cm³/mol. The molecule has 2 amide bonds. The highest BCUT2D eigenvalue weighted by atomic mass is 16.2. The molecule has 6 heteroatoms. The Labute approximate surface area is 152 Å². The van der Waals surface area contributed by atoms with E-state index in [2.05, 4.69) is 16.0 Å². The Morgan fingerprint density at radius 3 is 2.08 bits per heavy atom. The van der Waals surface area contributed by atoms with Gasteiger partial charge in [-0.25, -0.2) is 0 Å². The van der Waals surface area contributed by atoms with Crippen LogP contribution in [0.25, 0.3) is 0 Å². The van der Waals surface area contributed by atoms with Gasteiger partial charge in [-0.05, 0) is 68.3 Å². The summed E-state index contributed by atoms with van der Waals surface area (Å²) >= 11 is 0. The molecule has 6 nitrogen and oxygen atoms in total. The van der Waals surface area contributed by atoms with Gasteiger partial charge in [0, 0.05) is 23.0 Å². The Balaban J connectivity index is 1.52. The van der Waals surface area contributed by atoms with Crippen LogP contribution in [0.15, 0.2) is 48.5 Å². The van der Waals surface area contributed by atoms with Gasteiger partial charge in [0.2, 0.25) is 11.8 Å². The van der Waals surface area contributed by atoms with E-state index in [1.54, 1.807) is 31.2 Å². The van der Waals surface area contributed by atoms with Gasteiger partial charge >= 0.3 is 0 Å². The first-order valence-electron chi connectivity index (χ1n) is 8.53. The second-order valence-corrected chi connectivity index (χ2v) is 6.39. The highest BCUT2D eigenvalue weighted by Crippen LogP contribution is 2.30. The van der Waals surface area contributed by atoms with Crippen molar-refractivity contribution in [2.45, 2.75) is 25.8 Å². The SMILES string of the molecule is CC(Nc1ccc(NC(=O)C2CC2)cc1)C(=O)Nc1ccc(C#N)cc1. The average Bonchev–Trinajstić information content (AvgIpc) is 3.49. The lowest BCUT2D eigenvalue weighted by molar-refractivity contribution is -0.117. The van der Waals surface area contributed by atoms with Crippen LogP contribution in [-0.2, 0) is 9.59 Å². The van der Waals surface area contributed by atoms with E-state index in [9.17, 15) is 9.59 Å². The minimum atomic E-state index is -0.447. The molecule has 1 aliphatic rings. The minimum absolute atomic E-state index is 0.0703. The highest BCUT2D eigenvalue weighted by Gasteiger charge is 2.29. The molecule has 1 saturated carbocycles. The molecule has 1 atom stereocenters. The maximum atomic E-state index is 12.3. The summed E-state index contributed by atoms with van der Waals surface area (Å²) in [6, 6.07) is 15.6. The van der Waals surface area contributed by atoms with E-state index >= 15 is 0 Å². The van der Waals surface area contributed by atoms with Crippen LogP contribution in [0.3, 0.4) is 0 Å². The van der Waals surface area contributed by atoms with E-state index in [-0.39, 0.29) is 17.7 Å². The Hall–Kier alpha value is -3.33. The van der Waals surface area contributed by atoms with Crippen molar-refractivity contribution in [1.29, 1.82) is 5.26 Å². The number of carbonyl (C=O) groups is 2. The van der Waals surface area contributed by atoms with Crippen molar-refractivity contribution in [3.05, 3.63) is 54.1 Å². The summed E-state index contributed by atoms with van der Waals surface area (Å²) in [5.41, 5.74) is 2.72. The van der Waals surface area contributed by atoms with Gasteiger partial charge in [0.1, 0.15) is 6.04 Å². The molecule has 0 spiro atoms. The Morgan fingerprint density at radius 2 is 1.50 bits per heavy atom. The van der Waals surface area contributed by atoms with E-state index in [4.69, 9.17) is 5.26 Å². The van der Waals surface area contributed by atoms with Gasteiger partial charge < -0.3 is 16.0 Å². The summed E-state index contributed by atoms with van der Waals surface area (Å²) in [6.45, 7) is 1.77. The molecule has 0 heterocycles. The van der Waals surface area contributed by atoms with Crippen LogP contribution in [0.4, 0.5) is 17.1 Å². The second kappa shape index (κ2) is 7.70. The van der Waals surface area contributed by atoms with E-state index in [0.29, 0.717) is 11.3 Å². The molecule has 0 aromatic heterocycles. The lowest BCUT2D eigenvalue weighted by atomic mass is 10.2. The fraction of sp³-hybridized carbons (Fsp3) is 0.250. The van der Waals surface area contributed by atoms with Crippen molar-refractivity contribution < 1.29 is 9.59 Å². The summed E-state index contributed by atoms with van der Waals surface area (Å²) in [5, 5.41) is 17.6. The molecule has 2 aromatic rings. The highest BCUT2D eigenvalue weighted by molar-refractivity contribution is 5.96. The zero-order valence-corrected chi connectivity index (χ0v) is 14.5. The Bertz CT molecular complexity index is 834. The zero-order valence-electron chi connectivity index (χ0n) is 14.5. The van der Waals surface area contributed by atoms with Gasteiger partial charge in [-0.2, -0.15) is 5.26 Å². The number of hydrogen-bond acceptors (Lipinski definition) is 4. The van der Waals surface area contributed by atoms with E-state index in [0.717, 1.165) is 24.2 Å². The predicted octanol–water partition coefficient (Wildman–Crippen LogP) is 3.35. The fourth-order valence-electron chi connectivity index (χ4n) is 2.43. The largest absolute Gasteiger partial charge is 0.374 e. The fourth-order valence-corrected chi connectivity index (χ4v) is 2.43. The average molecular weight is 348 g/mol. The topological polar surface area (TPSA) is 94.0 Å². The molecule has 2 aromatic carbocycles. The standard InChI is InChI=1S/C20H20N4O2/c1-13(19(25)23-17-6-2-14(12-21)3-7-17)22-16-8-10-18(11-9-16)24-20(26)15-4-5-15/h2-3,6-11,13,15,22H,4-5H2,1H3,(H,23,25)(H,24,26). The molecule has 0 aliphatic heterocycles. The monoisotopic (exact) mass is 348 g/mol. The lowest BCUT2D eigenvalue weighted by Crippen LogP contribution is -2.31. The van der Waals surface area contributed by atoms with E-state index in [1.807, 2.05) is 30.3 Å². The number of benzene rings is 2. The number of carbonyl (C=O) groups excluding carboxylic acids is 2. The quantitative estimate of drug-likeness (QED) is 0.746. The van der Waals surface area contributed by atoms with Crippen LogP contribution < -0.4 is 16.0 Å². The first-order valence-corrected chi connectivity index (χ1v) is 8.53. The molecule has 132 valence electrons. The first-order chi connectivity index (χ1) is 12.5. The number of amides is 2. The lowest BCUT2D eigenvalue weighted by Gasteiger charge is -2.16. The number of anilines is 3. The van der Waals surface area contributed by atoms with Crippen molar-refractivity contribution in [2.75, 3.05) is 16.0 Å². The minimum Gasteiger partial charge on any atom is -0.374 e. The van der Waals surface area contributed by atoms with Crippen LogP contribution >= 0.6 is 0 Å². The molecular formula is C20H20N4O2. The maximum Gasteiger partial charge on any atom is 0.246 e. The number of rotatable bonds is 6. The van der Waals surface area contributed by atoms with Crippen LogP contribution in [0.2, 0.25) is 0 Å². The third-order valence-corrected chi connectivity index (χ3v) is 4.16. The third-order valence-electron chi connectivity index (χ3n) is 4.16. The van der Waals surface area contributed by atoms with Crippen LogP contribution in [0.5, 0.6) is 0 Å². The third kappa shape index (κ3) is 4.61. The van der Waals surface area contributed by atoms with Gasteiger partial charge in [0.15, 0.2) is 0 Å². The normalized spacial score (nSPS) is 14.0. The van der Waals surface area contributed by atoms with Crippen molar-refractivity contribution in [1.82, 2.24) is 0 Å². The maximum absolute atomic E-state index is 12.3. The number of hydrogen-bond donors (Lipinski definition) is 3. The van der Waals surface area contributed by atoms with Crippen molar-refractivity contribution in [2.24, 2.45) is 5.92 Å². The van der Waals surface area contributed by atoms with Crippen molar-refractivity contribution in [3.8, 4) is 6.07 Å². The molecule has 3 N–H and O–H groups in total. The summed E-state index contributed by atoms with van der Waals surface area (Å²) in [6.07, 6.45) is 1.94. The summed E-state index contributed by atoms with van der Waals surface area (Å²) < 4.78 is 0. The van der Waals surface area contributed by atoms with Gasteiger partial charge in [-0.15, -0.1) is 0 Å². The molecule has 0 bridgehead atoms. The summed E-state index contributed by atoms with van der Waals surface area (Å²) in [4.78, 5) is 24.0. The molecule has 0 saturated heterocycles. The molecule has 0 radical (unpaired) electrons. The van der Waals surface area contributed by atoms with E-state index < -0.39 is 6.04 Å². The molecule has 1 unspecified atom stereocenters. The van der Waals surface area contributed by atoms with Crippen LogP contribution in [-0.4, -0.2) is 17.9 Å². The van der Waals surface area contributed by atoms with Crippen LogP contribution in [0, 0.1) is 17.2 Å². The number of nitrogens with one attached hydrogen (secondary N) is 3. The first kappa shape index (κ1) is 17.5. The molecule has 1 aliphatic carbocycles. The number of nitriles is 1. The molecular weight excluding hydrogens is 328 g/mol. The molecule has 3 rings (SSSR count). The van der Waals surface area contributed by atoms with Crippen molar-refractivity contribution in [3.63, 3.8) is 0 Å². The second-order valence-electron chi connectivity index (χ2n) is 6.39. The Morgan fingerprint density at radius 1 is 0.962 bits per heavy atom. The van der Waals surface area contributed by atoms with Gasteiger partial charge in [0.05, 0.1) is 11.6 Å². The Kier molecular flexibility index (Phi) is 5.18. The smallest absolute Gasteiger partial charge is 0.246 e. The van der Waals surface area contributed by atoms with Gasteiger partial charge in [-0.3, -0.25) is 9.59 Å². The van der Waals surface area contributed by atoms with Crippen LogP contribution in [0.1, 0.15) is 25.3 Å². The van der Waals surface area contributed by atoms with E-state index in [1.165, 1.54) is 0 Å². The number of nitrogens with zero attached hydrogens (tertiary/aromatic N) is 1. The van der Waals surface area contributed by atoms with Gasteiger partial charge in [-0.1, -0.05) is 0 Å².